The fourth-order valence-electron chi connectivity index (χ4n) is 3.32. The molecule has 1 aliphatic carbocycles. The molecule has 1 unspecified atom stereocenters. The number of halogens is 2. The first-order valence-electron chi connectivity index (χ1n) is 7.86. The Bertz CT molecular complexity index is 415. The van der Waals surface area contributed by atoms with Gasteiger partial charge in [-0.15, -0.1) is 0 Å². The van der Waals surface area contributed by atoms with Gasteiger partial charge < -0.3 is 5.32 Å². The zero-order valence-electron chi connectivity index (χ0n) is 12.3. The number of likely N-dealkylation sites (N-methyl/N-ethyl adjacent to an activating group) is 1. The molecule has 1 aromatic rings. The molecule has 1 N–H and O–H groups in total. The Hall–Kier alpha value is -0.410. The third-order valence-electron chi connectivity index (χ3n) is 4.31. The molecule has 3 heteroatoms. The summed E-state index contributed by atoms with van der Waals surface area (Å²) in [6, 6.07) is 5.64. The van der Waals surface area contributed by atoms with E-state index in [4.69, 9.17) is 0 Å². The lowest BCUT2D eigenvalue weighted by Crippen LogP contribution is -2.33. The molecule has 0 heterocycles. The second-order valence-electron chi connectivity index (χ2n) is 5.93. The highest BCUT2D eigenvalue weighted by Gasteiger charge is 2.19. The van der Waals surface area contributed by atoms with E-state index in [0.29, 0.717) is 6.04 Å². The van der Waals surface area contributed by atoms with E-state index in [0.717, 1.165) is 28.9 Å². The van der Waals surface area contributed by atoms with Crippen molar-refractivity contribution in [2.24, 2.45) is 5.92 Å². The quantitative estimate of drug-likeness (QED) is 0.760. The predicted octanol–water partition coefficient (Wildman–Crippen LogP) is 5.08. The summed E-state index contributed by atoms with van der Waals surface area (Å²) in [6.07, 6.45) is 8.80. The lowest BCUT2D eigenvalue weighted by Gasteiger charge is -2.27. The van der Waals surface area contributed by atoms with Crippen molar-refractivity contribution in [2.75, 3.05) is 6.54 Å². The summed E-state index contributed by atoms with van der Waals surface area (Å²) in [5.74, 6) is 0.739. The van der Waals surface area contributed by atoms with Crippen LogP contribution < -0.4 is 5.32 Å². The summed E-state index contributed by atoms with van der Waals surface area (Å²) < 4.78 is 14.9. The lowest BCUT2D eigenvalue weighted by molar-refractivity contribution is 0.297. The van der Waals surface area contributed by atoms with E-state index in [2.05, 4.69) is 28.2 Å². The van der Waals surface area contributed by atoms with Gasteiger partial charge in [-0.2, -0.15) is 0 Å². The zero-order chi connectivity index (χ0) is 14.4. The van der Waals surface area contributed by atoms with Crippen molar-refractivity contribution in [2.45, 2.75) is 57.9 Å². The lowest BCUT2D eigenvalue weighted by atomic mass is 9.83. The van der Waals surface area contributed by atoms with Gasteiger partial charge in [-0.3, -0.25) is 0 Å². The second kappa shape index (κ2) is 8.14. The topological polar surface area (TPSA) is 12.0 Å². The van der Waals surface area contributed by atoms with Crippen LogP contribution in [0.3, 0.4) is 0 Å². The average molecular weight is 342 g/mol. The highest BCUT2D eigenvalue weighted by molar-refractivity contribution is 9.10. The van der Waals surface area contributed by atoms with Crippen molar-refractivity contribution in [1.82, 2.24) is 5.32 Å². The van der Waals surface area contributed by atoms with Crippen LogP contribution in [0.1, 0.15) is 51.0 Å². The summed E-state index contributed by atoms with van der Waals surface area (Å²) in [5, 5.41) is 3.54. The van der Waals surface area contributed by atoms with Crippen molar-refractivity contribution in [1.29, 1.82) is 0 Å². The van der Waals surface area contributed by atoms with Gasteiger partial charge >= 0.3 is 0 Å². The normalized spacial score (nSPS) is 18.1. The molecule has 0 aliphatic heterocycles. The fraction of sp³-hybridized carbons (Fsp3) is 0.647. The van der Waals surface area contributed by atoms with Crippen LogP contribution in [0.4, 0.5) is 4.39 Å². The minimum atomic E-state index is -0.0836. The molecule has 0 saturated heterocycles. The Labute approximate surface area is 130 Å². The standard InChI is InChI=1S/C17H25BrFN/c1-2-20-16(10-13-6-4-3-5-7-13)12-14-11-15(18)8-9-17(14)19/h8-9,11,13,16,20H,2-7,10,12H2,1H3. The van der Waals surface area contributed by atoms with Crippen LogP contribution in [0.15, 0.2) is 22.7 Å². The average Bonchev–Trinajstić information content (AvgIpc) is 2.44. The molecular weight excluding hydrogens is 317 g/mol. The molecule has 2 rings (SSSR count). The minimum absolute atomic E-state index is 0.0836. The van der Waals surface area contributed by atoms with Gasteiger partial charge in [-0.25, -0.2) is 4.39 Å². The summed E-state index contributed by atoms with van der Waals surface area (Å²) >= 11 is 3.44. The number of hydrogen-bond acceptors (Lipinski definition) is 1. The first kappa shape index (κ1) is 16.0. The molecule has 1 aromatic carbocycles. The maximum atomic E-state index is 13.9. The third-order valence-corrected chi connectivity index (χ3v) is 4.80. The Morgan fingerprint density at radius 3 is 2.75 bits per heavy atom. The molecule has 0 radical (unpaired) electrons. The number of benzene rings is 1. The van der Waals surface area contributed by atoms with E-state index in [-0.39, 0.29) is 5.82 Å². The molecule has 1 nitrogen and oxygen atoms in total. The minimum Gasteiger partial charge on any atom is -0.314 e. The van der Waals surface area contributed by atoms with Crippen LogP contribution >= 0.6 is 15.9 Å². The van der Waals surface area contributed by atoms with E-state index >= 15 is 0 Å². The molecular formula is C17H25BrFN. The number of rotatable bonds is 6. The van der Waals surface area contributed by atoms with Crippen molar-refractivity contribution in [3.8, 4) is 0 Å². The summed E-state index contributed by atoms with van der Waals surface area (Å²) in [6.45, 7) is 3.08. The van der Waals surface area contributed by atoms with Crippen molar-refractivity contribution in [3.05, 3.63) is 34.1 Å². The van der Waals surface area contributed by atoms with Crippen LogP contribution in [-0.2, 0) is 6.42 Å². The van der Waals surface area contributed by atoms with Gasteiger partial charge in [0.15, 0.2) is 0 Å². The summed E-state index contributed by atoms with van der Waals surface area (Å²) in [5.41, 5.74) is 0.820. The first-order chi connectivity index (χ1) is 9.69. The van der Waals surface area contributed by atoms with Gasteiger partial charge in [-0.05, 0) is 49.1 Å². The zero-order valence-corrected chi connectivity index (χ0v) is 13.9. The Morgan fingerprint density at radius 1 is 1.30 bits per heavy atom. The maximum absolute atomic E-state index is 13.9. The fourth-order valence-corrected chi connectivity index (χ4v) is 3.73. The van der Waals surface area contributed by atoms with E-state index in [1.807, 2.05) is 6.07 Å². The van der Waals surface area contributed by atoms with Crippen LogP contribution in [-0.4, -0.2) is 12.6 Å². The second-order valence-corrected chi connectivity index (χ2v) is 6.85. The van der Waals surface area contributed by atoms with Crippen molar-refractivity contribution >= 4 is 15.9 Å². The number of nitrogens with one attached hydrogen (secondary N) is 1. The van der Waals surface area contributed by atoms with Gasteiger partial charge in [0.25, 0.3) is 0 Å². The van der Waals surface area contributed by atoms with Gasteiger partial charge in [0.05, 0.1) is 0 Å². The Balaban J connectivity index is 1.98. The highest BCUT2D eigenvalue weighted by Crippen LogP contribution is 2.28. The molecule has 20 heavy (non-hydrogen) atoms. The van der Waals surface area contributed by atoms with Gasteiger partial charge in [0.1, 0.15) is 5.82 Å². The third kappa shape index (κ3) is 4.85. The molecule has 1 fully saturated rings. The molecule has 1 saturated carbocycles. The SMILES string of the molecule is CCNC(Cc1cc(Br)ccc1F)CC1CCCCC1. The van der Waals surface area contributed by atoms with Crippen LogP contribution in [0.2, 0.25) is 0 Å². The van der Waals surface area contributed by atoms with Gasteiger partial charge in [0, 0.05) is 10.5 Å². The molecule has 0 bridgehead atoms. The Kier molecular flexibility index (Phi) is 6.50. The molecule has 112 valence electrons. The summed E-state index contributed by atoms with van der Waals surface area (Å²) in [7, 11) is 0. The van der Waals surface area contributed by atoms with Gasteiger partial charge in [-0.1, -0.05) is 55.0 Å². The van der Waals surface area contributed by atoms with Crippen LogP contribution in [0.5, 0.6) is 0 Å². The molecule has 0 amide bonds. The monoisotopic (exact) mass is 341 g/mol. The van der Waals surface area contributed by atoms with Crippen molar-refractivity contribution in [3.63, 3.8) is 0 Å². The predicted molar refractivity (Wildman–Crippen MR) is 86.5 cm³/mol. The molecule has 1 aliphatic rings. The summed E-state index contributed by atoms with van der Waals surface area (Å²) in [4.78, 5) is 0. The van der Waals surface area contributed by atoms with E-state index in [1.165, 1.54) is 38.5 Å². The van der Waals surface area contributed by atoms with Crippen LogP contribution in [0, 0.1) is 11.7 Å². The molecule has 0 spiro atoms. The first-order valence-corrected chi connectivity index (χ1v) is 8.65. The molecule has 1 atom stereocenters. The maximum Gasteiger partial charge on any atom is 0.126 e. The van der Waals surface area contributed by atoms with Crippen LogP contribution in [0.25, 0.3) is 0 Å². The smallest absolute Gasteiger partial charge is 0.126 e. The Morgan fingerprint density at radius 2 is 2.05 bits per heavy atom. The number of hydrogen-bond donors (Lipinski definition) is 1. The van der Waals surface area contributed by atoms with E-state index in [9.17, 15) is 4.39 Å². The largest absolute Gasteiger partial charge is 0.314 e. The van der Waals surface area contributed by atoms with E-state index < -0.39 is 0 Å². The van der Waals surface area contributed by atoms with Gasteiger partial charge in [0.2, 0.25) is 0 Å². The van der Waals surface area contributed by atoms with Crippen molar-refractivity contribution < 1.29 is 4.39 Å². The van der Waals surface area contributed by atoms with E-state index in [1.54, 1.807) is 12.1 Å². The highest BCUT2D eigenvalue weighted by atomic mass is 79.9. The molecule has 0 aromatic heterocycles.